The molecule has 0 radical (unpaired) electrons. The van der Waals surface area contributed by atoms with Crippen LogP contribution in [0.4, 0.5) is 0 Å². The Morgan fingerprint density at radius 1 is 0.818 bits per heavy atom. The monoisotopic (exact) mass is 282 g/mol. The van der Waals surface area contributed by atoms with Crippen LogP contribution in [0.3, 0.4) is 0 Å². The Balaban J connectivity index is 1.89. The summed E-state index contributed by atoms with van der Waals surface area (Å²) in [4.78, 5) is 0. The Bertz CT molecular complexity index is 1010. The predicted molar refractivity (Wildman–Crippen MR) is 89.7 cm³/mol. The molecule has 0 saturated heterocycles. The molecule has 0 saturated carbocycles. The van der Waals surface area contributed by atoms with Crippen molar-refractivity contribution < 1.29 is 0 Å². The first-order valence-corrected chi connectivity index (χ1v) is 7.31. The first kappa shape index (κ1) is 12.7. The molecule has 0 aliphatic carbocycles. The molecule has 0 fully saturated rings. The second-order valence-electron chi connectivity index (χ2n) is 5.44. The lowest BCUT2D eigenvalue weighted by Crippen LogP contribution is -1.98. The van der Waals surface area contributed by atoms with Crippen molar-refractivity contribution in [1.29, 1.82) is 5.26 Å². The van der Waals surface area contributed by atoms with Crippen LogP contribution in [-0.2, 0) is 6.54 Å². The zero-order valence-corrected chi connectivity index (χ0v) is 12.0. The molecule has 0 atom stereocenters. The molecular formula is C20H14N2. The normalized spacial score (nSPS) is 10.9. The van der Waals surface area contributed by atoms with Crippen LogP contribution >= 0.6 is 0 Å². The van der Waals surface area contributed by atoms with Gasteiger partial charge < -0.3 is 4.57 Å². The van der Waals surface area contributed by atoms with Gasteiger partial charge in [-0.05, 0) is 22.4 Å². The molecule has 4 aromatic rings. The van der Waals surface area contributed by atoms with E-state index in [2.05, 4.69) is 59.2 Å². The number of benzene rings is 3. The van der Waals surface area contributed by atoms with Crippen molar-refractivity contribution in [3.05, 3.63) is 84.1 Å². The summed E-state index contributed by atoms with van der Waals surface area (Å²) in [5.74, 6) is 0. The lowest BCUT2D eigenvalue weighted by atomic mass is 10.0. The molecule has 0 aliphatic heterocycles. The van der Waals surface area contributed by atoms with E-state index in [0.29, 0.717) is 0 Å². The molecule has 1 heterocycles. The number of para-hydroxylation sites is 1. The molecule has 2 nitrogen and oxygen atoms in total. The molecule has 104 valence electrons. The van der Waals surface area contributed by atoms with Gasteiger partial charge in [-0.2, -0.15) is 5.26 Å². The highest BCUT2D eigenvalue weighted by Crippen LogP contribution is 2.24. The fraction of sp³-hybridized carbons (Fsp3) is 0.0500. The van der Waals surface area contributed by atoms with Crippen LogP contribution in [0.25, 0.3) is 21.7 Å². The molecule has 1 aromatic heterocycles. The van der Waals surface area contributed by atoms with Crippen LogP contribution in [-0.4, -0.2) is 4.57 Å². The minimum absolute atomic E-state index is 0.732. The molecule has 0 unspecified atom stereocenters. The molecule has 2 heteroatoms. The SMILES string of the molecule is N#Cc1cn(Cc2cccc3ccccc23)c2ccccc12. The summed E-state index contributed by atoms with van der Waals surface area (Å²) >= 11 is 0. The number of hydrogen-bond acceptors (Lipinski definition) is 1. The molecule has 22 heavy (non-hydrogen) atoms. The van der Waals surface area contributed by atoms with Crippen molar-refractivity contribution in [2.75, 3.05) is 0 Å². The van der Waals surface area contributed by atoms with E-state index in [4.69, 9.17) is 0 Å². The predicted octanol–water partition coefficient (Wildman–Crippen LogP) is 4.71. The summed E-state index contributed by atoms with van der Waals surface area (Å²) in [5, 5.41) is 12.9. The van der Waals surface area contributed by atoms with Crippen LogP contribution < -0.4 is 0 Å². The summed E-state index contributed by atoms with van der Waals surface area (Å²) in [6.45, 7) is 0.767. The van der Waals surface area contributed by atoms with Gasteiger partial charge in [0.15, 0.2) is 0 Å². The van der Waals surface area contributed by atoms with Gasteiger partial charge in [-0.1, -0.05) is 60.7 Å². The maximum atomic E-state index is 9.32. The molecule has 0 bridgehead atoms. The highest BCUT2D eigenvalue weighted by molar-refractivity contribution is 5.88. The largest absolute Gasteiger partial charge is 0.342 e. The van der Waals surface area contributed by atoms with Crippen molar-refractivity contribution in [2.45, 2.75) is 6.54 Å². The molecule has 0 aliphatic rings. The third-order valence-corrected chi connectivity index (χ3v) is 4.13. The summed E-state index contributed by atoms with van der Waals surface area (Å²) in [6.07, 6.45) is 1.95. The van der Waals surface area contributed by atoms with Gasteiger partial charge in [0.1, 0.15) is 6.07 Å². The number of nitrogens with zero attached hydrogens (tertiary/aromatic N) is 2. The first-order valence-electron chi connectivity index (χ1n) is 7.31. The molecule has 3 aromatic carbocycles. The number of fused-ring (bicyclic) bond motifs is 2. The van der Waals surface area contributed by atoms with Crippen LogP contribution in [0.2, 0.25) is 0 Å². The average molecular weight is 282 g/mol. The number of hydrogen-bond donors (Lipinski definition) is 0. The van der Waals surface area contributed by atoms with E-state index in [1.807, 2.05) is 24.4 Å². The summed E-state index contributed by atoms with van der Waals surface area (Å²) in [5.41, 5.74) is 3.10. The smallest absolute Gasteiger partial charge is 0.101 e. The zero-order chi connectivity index (χ0) is 14.9. The van der Waals surface area contributed by atoms with Gasteiger partial charge in [-0.15, -0.1) is 0 Å². The highest BCUT2D eigenvalue weighted by atomic mass is 15.0. The third-order valence-electron chi connectivity index (χ3n) is 4.13. The Kier molecular flexibility index (Phi) is 2.91. The Morgan fingerprint density at radius 2 is 1.55 bits per heavy atom. The lowest BCUT2D eigenvalue weighted by Gasteiger charge is -2.09. The van der Waals surface area contributed by atoms with Crippen molar-refractivity contribution >= 4 is 21.7 Å². The Morgan fingerprint density at radius 3 is 2.41 bits per heavy atom. The number of nitriles is 1. The third kappa shape index (κ3) is 1.96. The maximum Gasteiger partial charge on any atom is 0.101 e. The van der Waals surface area contributed by atoms with E-state index in [1.165, 1.54) is 16.3 Å². The first-order chi connectivity index (χ1) is 10.9. The highest BCUT2D eigenvalue weighted by Gasteiger charge is 2.09. The van der Waals surface area contributed by atoms with E-state index < -0.39 is 0 Å². The van der Waals surface area contributed by atoms with Crippen LogP contribution in [0.15, 0.2) is 72.9 Å². The molecule has 0 spiro atoms. The maximum absolute atomic E-state index is 9.32. The van der Waals surface area contributed by atoms with Gasteiger partial charge in [0, 0.05) is 23.6 Å². The molecular weight excluding hydrogens is 268 g/mol. The number of aromatic nitrogens is 1. The van der Waals surface area contributed by atoms with Gasteiger partial charge in [-0.3, -0.25) is 0 Å². The minimum atomic E-state index is 0.732. The van der Waals surface area contributed by atoms with E-state index in [-0.39, 0.29) is 0 Å². The van der Waals surface area contributed by atoms with Crippen LogP contribution in [0.5, 0.6) is 0 Å². The zero-order valence-electron chi connectivity index (χ0n) is 12.0. The van der Waals surface area contributed by atoms with Crippen LogP contribution in [0, 0.1) is 11.3 Å². The van der Waals surface area contributed by atoms with E-state index in [1.54, 1.807) is 0 Å². The average Bonchev–Trinajstić information content (AvgIpc) is 2.93. The van der Waals surface area contributed by atoms with Crippen molar-refractivity contribution in [2.24, 2.45) is 0 Å². The fourth-order valence-electron chi connectivity index (χ4n) is 3.08. The van der Waals surface area contributed by atoms with Crippen molar-refractivity contribution in [3.63, 3.8) is 0 Å². The molecule has 4 rings (SSSR count). The lowest BCUT2D eigenvalue weighted by molar-refractivity contribution is 0.842. The van der Waals surface area contributed by atoms with Gasteiger partial charge >= 0.3 is 0 Å². The van der Waals surface area contributed by atoms with Crippen molar-refractivity contribution in [1.82, 2.24) is 4.57 Å². The van der Waals surface area contributed by atoms with Gasteiger partial charge in [0.25, 0.3) is 0 Å². The molecule has 0 N–H and O–H groups in total. The Labute approximate surface area is 128 Å². The summed E-state index contributed by atoms with van der Waals surface area (Å²) in [6, 6.07) is 25.2. The number of rotatable bonds is 2. The second-order valence-corrected chi connectivity index (χ2v) is 5.44. The Hall–Kier alpha value is -3.05. The summed E-state index contributed by atoms with van der Waals surface area (Å²) in [7, 11) is 0. The van der Waals surface area contributed by atoms with Gasteiger partial charge in [0.05, 0.1) is 5.56 Å². The minimum Gasteiger partial charge on any atom is -0.342 e. The fourth-order valence-corrected chi connectivity index (χ4v) is 3.08. The second kappa shape index (κ2) is 5.05. The van der Waals surface area contributed by atoms with Crippen molar-refractivity contribution in [3.8, 4) is 6.07 Å². The quantitative estimate of drug-likeness (QED) is 0.523. The standard InChI is InChI=1S/C20H14N2/c21-12-17-14-22(20-11-4-3-10-19(17)20)13-16-8-5-7-15-6-1-2-9-18(15)16/h1-11,14H,13H2. The van der Waals surface area contributed by atoms with E-state index in [9.17, 15) is 5.26 Å². The topological polar surface area (TPSA) is 28.7 Å². The van der Waals surface area contributed by atoms with Crippen LogP contribution in [0.1, 0.15) is 11.1 Å². The molecule has 0 amide bonds. The van der Waals surface area contributed by atoms with E-state index in [0.717, 1.165) is 23.0 Å². The summed E-state index contributed by atoms with van der Waals surface area (Å²) < 4.78 is 2.16. The van der Waals surface area contributed by atoms with Gasteiger partial charge in [-0.25, -0.2) is 0 Å². The van der Waals surface area contributed by atoms with E-state index >= 15 is 0 Å². The van der Waals surface area contributed by atoms with Gasteiger partial charge in [0.2, 0.25) is 0 Å².